The van der Waals surface area contributed by atoms with Gasteiger partial charge in [-0.15, -0.1) is 0 Å². The SMILES string of the molecule is COCCNC(=O)CN(CCC#N)CC(C)C. The first kappa shape index (κ1) is 15.9. The number of carbonyl (C=O) groups excluding carboxylic acids is 1. The Hall–Kier alpha value is -1.12. The summed E-state index contributed by atoms with van der Waals surface area (Å²) < 4.78 is 4.86. The molecule has 0 aromatic heterocycles. The van der Waals surface area contributed by atoms with Crippen molar-refractivity contribution in [1.82, 2.24) is 10.2 Å². The van der Waals surface area contributed by atoms with Crippen molar-refractivity contribution in [2.75, 3.05) is 39.9 Å². The van der Waals surface area contributed by atoms with Crippen molar-refractivity contribution in [3.63, 3.8) is 0 Å². The third-order valence-corrected chi connectivity index (χ3v) is 2.16. The minimum Gasteiger partial charge on any atom is -0.383 e. The van der Waals surface area contributed by atoms with Gasteiger partial charge in [-0.1, -0.05) is 13.8 Å². The number of ether oxygens (including phenoxy) is 1. The lowest BCUT2D eigenvalue weighted by Crippen LogP contribution is -2.40. The Morgan fingerprint density at radius 1 is 1.53 bits per heavy atom. The number of carbonyl (C=O) groups is 1. The average molecular weight is 241 g/mol. The molecule has 0 aliphatic heterocycles. The minimum absolute atomic E-state index is 0.0133. The smallest absolute Gasteiger partial charge is 0.234 e. The van der Waals surface area contributed by atoms with Crippen LogP contribution >= 0.6 is 0 Å². The lowest BCUT2D eigenvalue weighted by molar-refractivity contribution is -0.122. The topological polar surface area (TPSA) is 65.4 Å². The fourth-order valence-corrected chi connectivity index (χ4v) is 1.51. The van der Waals surface area contributed by atoms with E-state index in [0.29, 0.717) is 38.6 Å². The zero-order chi connectivity index (χ0) is 13.1. The summed E-state index contributed by atoms with van der Waals surface area (Å²) in [6, 6.07) is 2.10. The van der Waals surface area contributed by atoms with Crippen molar-refractivity contribution in [3.8, 4) is 6.07 Å². The first-order valence-electron chi connectivity index (χ1n) is 5.95. The number of nitrogens with zero attached hydrogens (tertiary/aromatic N) is 2. The van der Waals surface area contributed by atoms with Gasteiger partial charge in [0.05, 0.1) is 19.2 Å². The predicted octanol–water partition coefficient (Wildman–Crippen LogP) is 0.621. The van der Waals surface area contributed by atoms with E-state index in [1.807, 2.05) is 4.90 Å². The van der Waals surface area contributed by atoms with Gasteiger partial charge in [0.25, 0.3) is 0 Å². The van der Waals surface area contributed by atoms with Crippen LogP contribution in [0.15, 0.2) is 0 Å². The van der Waals surface area contributed by atoms with Gasteiger partial charge in [-0.2, -0.15) is 5.26 Å². The third kappa shape index (κ3) is 9.79. The van der Waals surface area contributed by atoms with Crippen LogP contribution in [-0.2, 0) is 9.53 Å². The molecule has 0 aromatic rings. The summed E-state index contributed by atoms with van der Waals surface area (Å²) >= 11 is 0. The van der Waals surface area contributed by atoms with Crippen molar-refractivity contribution in [2.24, 2.45) is 5.92 Å². The third-order valence-electron chi connectivity index (χ3n) is 2.16. The Balaban J connectivity index is 3.95. The quantitative estimate of drug-likeness (QED) is 0.601. The lowest BCUT2D eigenvalue weighted by Gasteiger charge is -2.22. The van der Waals surface area contributed by atoms with E-state index in [-0.39, 0.29) is 5.91 Å². The number of nitrogens with one attached hydrogen (secondary N) is 1. The molecule has 0 rings (SSSR count). The van der Waals surface area contributed by atoms with Crippen molar-refractivity contribution in [1.29, 1.82) is 5.26 Å². The molecule has 17 heavy (non-hydrogen) atoms. The first-order valence-corrected chi connectivity index (χ1v) is 5.95. The highest BCUT2D eigenvalue weighted by Crippen LogP contribution is 1.99. The van der Waals surface area contributed by atoms with Gasteiger partial charge in [-0.05, 0) is 5.92 Å². The van der Waals surface area contributed by atoms with Crippen LogP contribution in [0.3, 0.4) is 0 Å². The van der Waals surface area contributed by atoms with Gasteiger partial charge in [0.1, 0.15) is 0 Å². The van der Waals surface area contributed by atoms with Crippen LogP contribution in [0.5, 0.6) is 0 Å². The number of nitriles is 1. The second-order valence-electron chi connectivity index (χ2n) is 4.38. The summed E-state index contributed by atoms with van der Waals surface area (Å²) in [7, 11) is 1.60. The highest BCUT2D eigenvalue weighted by Gasteiger charge is 2.11. The van der Waals surface area contributed by atoms with Gasteiger partial charge in [-0.3, -0.25) is 9.69 Å². The Bertz CT molecular complexity index is 249. The number of rotatable bonds is 9. The summed E-state index contributed by atoms with van der Waals surface area (Å²) in [5.41, 5.74) is 0. The molecular formula is C12H23N3O2. The predicted molar refractivity (Wildman–Crippen MR) is 66.4 cm³/mol. The fourth-order valence-electron chi connectivity index (χ4n) is 1.51. The second-order valence-corrected chi connectivity index (χ2v) is 4.38. The summed E-state index contributed by atoms with van der Waals surface area (Å²) in [5, 5.41) is 11.3. The minimum atomic E-state index is -0.0133. The standard InChI is InChI=1S/C12H23N3O2/c1-11(2)9-15(7-4-5-13)10-12(16)14-6-8-17-3/h11H,4,6-10H2,1-3H3,(H,14,16). The number of hydrogen-bond acceptors (Lipinski definition) is 4. The Morgan fingerprint density at radius 3 is 2.76 bits per heavy atom. The van der Waals surface area contributed by atoms with Crippen molar-refractivity contribution in [2.45, 2.75) is 20.3 Å². The molecule has 0 bridgehead atoms. The summed E-state index contributed by atoms with van der Waals surface area (Å²) in [4.78, 5) is 13.6. The zero-order valence-electron chi connectivity index (χ0n) is 11.0. The monoisotopic (exact) mass is 241 g/mol. The normalized spacial score (nSPS) is 10.6. The molecule has 0 saturated carbocycles. The molecule has 0 unspecified atom stereocenters. The number of methoxy groups -OCH3 is 1. The van der Waals surface area contributed by atoms with Crippen molar-refractivity contribution >= 4 is 5.91 Å². The van der Waals surface area contributed by atoms with E-state index in [4.69, 9.17) is 10.00 Å². The summed E-state index contributed by atoms with van der Waals surface area (Å²) in [5.74, 6) is 0.473. The molecule has 1 N–H and O–H groups in total. The molecule has 5 heteroatoms. The van der Waals surface area contributed by atoms with Crippen LogP contribution < -0.4 is 5.32 Å². The van der Waals surface area contributed by atoms with Crippen LogP contribution in [0.1, 0.15) is 20.3 Å². The van der Waals surface area contributed by atoms with Gasteiger partial charge in [0, 0.05) is 33.2 Å². The highest BCUT2D eigenvalue weighted by atomic mass is 16.5. The van der Waals surface area contributed by atoms with E-state index in [9.17, 15) is 4.79 Å². The molecule has 0 heterocycles. The molecule has 5 nitrogen and oxygen atoms in total. The van der Waals surface area contributed by atoms with Gasteiger partial charge in [-0.25, -0.2) is 0 Å². The molecule has 0 fully saturated rings. The molecule has 0 radical (unpaired) electrons. The maximum absolute atomic E-state index is 11.6. The molecule has 0 spiro atoms. The van der Waals surface area contributed by atoms with Crippen molar-refractivity contribution in [3.05, 3.63) is 0 Å². The van der Waals surface area contributed by atoms with Crippen LogP contribution in [0.4, 0.5) is 0 Å². The molecule has 1 amide bonds. The van der Waals surface area contributed by atoms with Crippen LogP contribution in [-0.4, -0.2) is 50.7 Å². The Kier molecular flexibility index (Phi) is 9.40. The summed E-state index contributed by atoms with van der Waals surface area (Å²) in [6.07, 6.45) is 0.456. The molecule has 0 aliphatic rings. The van der Waals surface area contributed by atoms with Gasteiger partial charge in [0.15, 0.2) is 0 Å². The largest absolute Gasteiger partial charge is 0.383 e. The van der Waals surface area contributed by atoms with E-state index in [1.165, 1.54) is 0 Å². The molecule has 0 aromatic carbocycles. The van der Waals surface area contributed by atoms with Crippen LogP contribution in [0.25, 0.3) is 0 Å². The Morgan fingerprint density at radius 2 is 2.24 bits per heavy atom. The second kappa shape index (κ2) is 10.1. The highest BCUT2D eigenvalue weighted by molar-refractivity contribution is 5.77. The van der Waals surface area contributed by atoms with Crippen LogP contribution in [0, 0.1) is 17.2 Å². The molecular weight excluding hydrogens is 218 g/mol. The van der Waals surface area contributed by atoms with Crippen molar-refractivity contribution < 1.29 is 9.53 Å². The zero-order valence-corrected chi connectivity index (χ0v) is 11.0. The lowest BCUT2D eigenvalue weighted by atomic mass is 10.2. The fraction of sp³-hybridized carbons (Fsp3) is 0.833. The van der Waals surface area contributed by atoms with Gasteiger partial charge in [0.2, 0.25) is 5.91 Å². The van der Waals surface area contributed by atoms with Gasteiger partial charge < -0.3 is 10.1 Å². The van der Waals surface area contributed by atoms with E-state index >= 15 is 0 Å². The average Bonchev–Trinajstić information content (AvgIpc) is 2.25. The maximum Gasteiger partial charge on any atom is 0.234 e. The van der Waals surface area contributed by atoms with E-state index in [2.05, 4.69) is 25.2 Å². The maximum atomic E-state index is 11.6. The molecule has 0 atom stereocenters. The van der Waals surface area contributed by atoms with E-state index in [0.717, 1.165) is 6.54 Å². The number of amides is 1. The van der Waals surface area contributed by atoms with Crippen LogP contribution in [0.2, 0.25) is 0 Å². The molecule has 98 valence electrons. The van der Waals surface area contributed by atoms with Gasteiger partial charge >= 0.3 is 0 Å². The molecule has 0 aliphatic carbocycles. The van der Waals surface area contributed by atoms with E-state index < -0.39 is 0 Å². The van der Waals surface area contributed by atoms with E-state index in [1.54, 1.807) is 7.11 Å². The first-order chi connectivity index (χ1) is 8.10. The summed E-state index contributed by atoms with van der Waals surface area (Å²) in [6.45, 7) is 7.08. The Labute approximate surface area is 104 Å². The molecule has 0 saturated heterocycles. The number of hydrogen-bond donors (Lipinski definition) is 1.